The van der Waals surface area contributed by atoms with Gasteiger partial charge in [0.25, 0.3) is 0 Å². The molecular weight excluding hydrogens is 380 g/mol. The number of carbonyl (C=O) groups is 3. The molecular formula is C21H20O8. The van der Waals surface area contributed by atoms with Gasteiger partial charge in [-0.25, -0.2) is 9.59 Å². The Morgan fingerprint density at radius 1 is 0.828 bits per heavy atom. The number of rotatable bonds is 6. The lowest BCUT2D eigenvalue weighted by atomic mass is 10.1. The Kier molecular flexibility index (Phi) is 6.58. The van der Waals surface area contributed by atoms with Gasteiger partial charge in [-0.15, -0.1) is 0 Å². The average Bonchev–Trinajstić information content (AvgIpc) is 3.04. The number of ether oxygens (including phenoxy) is 4. The number of aliphatic hydroxyl groups is 1. The fraction of sp³-hybridized carbons (Fsp3) is 0.286. The summed E-state index contributed by atoms with van der Waals surface area (Å²) in [6.07, 6.45) is -4.80. The predicted molar refractivity (Wildman–Crippen MR) is 98.8 cm³/mol. The molecule has 8 heteroatoms. The van der Waals surface area contributed by atoms with Crippen molar-refractivity contribution >= 4 is 17.9 Å². The van der Waals surface area contributed by atoms with E-state index >= 15 is 0 Å². The van der Waals surface area contributed by atoms with Gasteiger partial charge < -0.3 is 24.1 Å². The van der Waals surface area contributed by atoms with Gasteiger partial charge in [0.05, 0.1) is 17.7 Å². The van der Waals surface area contributed by atoms with E-state index in [9.17, 15) is 19.5 Å². The van der Waals surface area contributed by atoms with Crippen LogP contribution in [0.4, 0.5) is 0 Å². The van der Waals surface area contributed by atoms with Crippen molar-refractivity contribution in [1.29, 1.82) is 0 Å². The molecule has 0 radical (unpaired) electrons. The summed E-state index contributed by atoms with van der Waals surface area (Å²) < 4.78 is 21.5. The van der Waals surface area contributed by atoms with E-state index in [1.807, 2.05) is 0 Å². The quantitative estimate of drug-likeness (QED) is 0.577. The second kappa shape index (κ2) is 9.31. The molecule has 1 aliphatic rings. The summed E-state index contributed by atoms with van der Waals surface area (Å²) in [5, 5.41) is 9.64. The molecule has 0 amide bonds. The van der Waals surface area contributed by atoms with E-state index in [2.05, 4.69) is 0 Å². The van der Waals surface area contributed by atoms with Crippen LogP contribution in [0.3, 0.4) is 0 Å². The minimum atomic E-state index is -1.33. The van der Waals surface area contributed by atoms with Crippen LogP contribution in [0.15, 0.2) is 60.7 Å². The van der Waals surface area contributed by atoms with Crippen molar-refractivity contribution in [2.75, 3.05) is 6.61 Å². The Balaban J connectivity index is 1.83. The Bertz CT molecular complexity index is 851. The summed E-state index contributed by atoms with van der Waals surface area (Å²) in [4.78, 5) is 36.4. The zero-order valence-electron chi connectivity index (χ0n) is 15.6. The number of aliphatic hydroxyl groups excluding tert-OH is 1. The third-order valence-electron chi connectivity index (χ3n) is 4.23. The van der Waals surface area contributed by atoms with Gasteiger partial charge in [0.2, 0.25) is 12.4 Å². The van der Waals surface area contributed by atoms with Crippen molar-refractivity contribution in [3.05, 3.63) is 71.8 Å². The van der Waals surface area contributed by atoms with Crippen molar-refractivity contribution in [3.8, 4) is 0 Å². The number of hydrogen-bond acceptors (Lipinski definition) is 8. The first-order valence-corrected chi connectivity index (χ1v) is 8.95. The van der Waals surface area contributed by atoms with Crippen LogP contribution < -0.4 is 0 Å². The van der Waals surface area contributed by atoms with E-state index in [0.29, 0.717) is 0 Å². The summed E-state index contributed by atoms with van der Waals surface area (Å²) in [5.74, 6) is -2.08. The lowest BCUT2D eigenvalue weighted by Gasteiger charge is -2.23. The first-order valence-electron chi connectivity index (χ1n) is 8.95. The molecule has 29 heavy (non-hydrogen) atoms. The number of esters is 3. The average molecular weight is 400 g/mol. The van der Waals surface area contributed by atoms with Gasteiger partial charge in [0.15, 0.2) is 6.10 Å². The third kappa shape index (κ3) is 4.98. The van der Waals surface area contributed by atoms with Crippen LogP contribution in [0.1, 0.15) is 27.6 Å². The van der Waals surface area contributed by atoms with E-state index in [1.165, 1.54) is 0 Å². The predicted octanol–water partition coefficient (Wildman–Crippen LogP) is 1.72. The zero-order valence-corrected chi connectivity index (χ0v) is 15.6. The largest absolute Gasteiger partial charge is 0.452 e. The third-order valence-corrected chi connectivity index (χ3v) is 4.23. The van der Waals surface area contributed by atoms with E-state index in [1.54, 1.807) is 60.7 Å². The highest BCUT2D eigenvalue weighted by atomic mass is 16.7. The molecule has 0 aromatic heterocycles. The summed E-state index contributed by atoms with van der Waals surface area (Å²) in [6, 6.07) is 16.3. The van der Waals surface area contributed by atoms with Crippen LogP contribution in [0, 0.1) is 0 Å². The SMILES string of the molecule is CC(=O)O[C@@H]1O[C@H](CO)[C@@H](OC(=O)c2ccccc2)[C@H]1OC(=O)c1ccccc1. The van der Waals surface area contributed by atoms with Gasteiger partial charge in [0.1, 0.15) is 6.10 Å². The van der Waals surface area contributed by atoms with Crippen molar-refractivity contribution in [1.82, 2.24) is 0 Å². The van der Waals surface area contributed by atoms with Crippen LogP contribution in [-0.2, 0) is 23.7 Å². The first-order chi connectivity index (χ1) is 14.0. The molecule has 0 spiro atoms. The van der Waals surface area contributed by atoms with Gasteiger partial charge in [0, 0.05) is 6.92 Å². The van der Waals surface area contributed by atoms with Gasteiger partial charge in [-0.05, 0) is 24.3 Å². The molecule has 1 N–H and O–H groups in total. The second-order valence-corrected chi connectivity index (χ2v) is 6.31. The summed E-state index contributed by atoms with van der Waals surface area (Å²) in [5.41, 5.74) is 0.530. The molecule has 1 heterocycles. The molecule has 0 saturated carbocycles. The molecule has 4 atom stereocenters. The Morgan fingerprint density at radius 3 is 1.76 bits per heavy atom. The maximum Gasteiger partial charge on any atom is 0.338 e. The second-order valence-electron chi connectivity index (χ2n) is 6.31. The van der Waals surface area contributed by atoms with Gasteiger partial charge in [-0.1, -0.05) is 36.4 Å². The summed E-state index contributed by atoms with van der Waals surface area (Å²) in [6.45, 7) is 0.626. The maximum atomic E-state index is 12.5. The highest BCUT2D eigenvalue weighted by molar-refractivity contribution is 5.90. The smallest absolute Gasteiger partial charge is 0.338 e. The lowest BCUT2D eigenvalue weighted by molar-refractivity contribution is -0.187. The van der Waals surface area contributed by atoms with Crippen LogP contribution in [0.25, 0.3) is 0 Å². The summed E-state index contributed by atoms with van der Waals surface area (Å²) >= 11 is 0. The molecule has 8 nitrogen and oxygen atoms in total. The van der Waals surface area contributed by atoms with Gasteiger partial charge in [-0.2, -0.15) is 0 Å². The maximum absolute atomic E-state index is 12.5. The minimum Gasteiger partial charge on any atom is -0.452 e. The van der Waals surface area contributed by atoms with Gasteiger partial charge >= 0.3 is 17.9 Å². The van der Waals surface area contributed by atoms with Crippen LogP contribution >= 0.6 is 0 Å². The monoisotopic (exact) mass is 400 g/mol. The Morgan fingerprint density at radius 2 is 1.31 bits per heavy atom. The van der Waals surface area contributed by atoms with Crippen LogP contribution in [0.2, 0.25) is 0 Å². The normalized spacial score (nSPS) is 23.2. The van der Waals surface area contributed by atoms with Crippen LogP contribution in [0.5, 0.6) is 0 Å². The highest BCUT2D eigenvalue weighted by Gasteiger charge is 2.51. The molecule has 3 rings (SSSR count). The van der Waals surface area contributed by atoms with E-state index in [0.717, 1.165) is 6.92 Å². The van der Waals surface area contributed by atoms with E-state index in [-0.39, 0.29) is 11.1 Å². The minimum absolute atomic E-state index is 0.259. The molecule has 0 unspecified atom stereocenters. The molecule has 1 fully saturated rings. The fourth-order valence-corrected chi connectivity index (χ4v) is 2.90. The van der Waals surface area contributed by atoms with Crippen molar-refractivity contribution in [2.45, 2.75) is 31.5 Å². The van der Waals surface area contributed by atoms with E-state index in [4.69, 9.17) is 18.9 Å². The van der Waals surface area contributed by atoms with Crippen molar-refractivity contribution in [3.63, 3.8) is 0 Å². The molecule has 1 aliphatic heterocycles. The first kappa shape index (κ1) is 20.5. The Labute approximate surface area is 167 Å². The number of benzene rings is 2. The van der Waals surface area contributed by atoms with Crippen molar-refractivity contribution < 1.29 is 38.4 Å². The number of carbonyl (C=O) groups excluding carboxylic acids is 3. The zero-order chi connectivity index (χ0) is 20.8. The molecule has 0 aliphatic carbocycles. The molecule has 2 aromatic carbocycles. The molecule has 152 valence electrons. The summed E-state index contributed by atoms with van der Waals surface area (Å²) in [7, 11) is 0. The Hall–Kier alpha value is -3.23. The number of hydrogen-bond donors (Lipinski definition) is 1. The van der Waals surface area contributed by atoms with Crippen LogP contribution in [-0.4, -0.2) is 54.2 Å². The molecule has 0 bridgehead atoms. The van der Waals surface area contributed by atoms with Gasteiger partial charge in [-0.3, -0.25) is 4.79 Å². The molecule has 2 aromatic rings. The van der Waals surface area contributed by atoms with E-state index < -0.39 is 49.1 Å². The fourth-order valence-electron chi connectivity index (χ4n) is 2.90. The van der Waals surface area contributed by atoms with Crippen molar-refractivity contribution in [2.24, 2.45) is 0 Å². The lowest BCUT2D eigenvalue weighted by Crippen LogP contribution is -2.42. The standard InChI is InChI=1S/C21H20O8/c1-13(23)26-21-18(29-20(25)15-10-6-3-7-11-15)17(16(12-22)27-21)28-19(24)14-8-4-2-5-9-14/h2-11,16-18,21-22H,12H2,1H3/t16-,17-,18-,21-/m1/s1. The highest BCUT2D eigenvalue weighted by Crippen LogP contribution is 2.29. The topological polar surface area (TPSA) is 108 Å². The molecule has 1 saturated heterocycles.